The van der Waals surface area contributed by atoms with Gasteiger partial charge in [0.25, 0.3) is 5.91 Å². The lowest BCUT2D eigenvalue weighted by atomic mass is 10.0. The first kappa shape index (κ1) is 21.8. The Morgan fingerprint density at radius 1 is 0.906 bits per heavy atom. The minimum absolute atomic E-state index is 0.00268. The van der Waals surface area contributed by atoms with Gasteiger partial charge in [0.2, 0.25) is 11.0 Å². The molecule has 1 aliphatic carbocycles. The van der Waals surface area contributed by atoms with Crippen molar-refractivity contribution in [3.63, 3.8) is 0 Å². The third kappa shape index (κ3) is 4.17. The fourth-order valence-electron chi connectivity index (χ4n) is 3.56. The summed E-state index contributed by atoms with van der Waals surface area (Å²) in [6.45, 7) is 0.0732. The van der Waals surface area contributed by atoms with E-state index in [1.54, 1.807) is 42.5 Å². The van der Waals surface area contributed by atoms with Crippen molar-refractivity contribution in [1.82, 2.24) is 5.32 Å². The van der Waals surface area contributed by atoms with E-state index in [2.05, 4.69) is 5.32 Å². The topological polar surface area (TPSA) is 106 Å². The van der Waals surface area contributed by atoms with Gasteiger partial charge in [-0.3, -0.25) is 19.2 Å². The summed E-state index contributed by atoms with van der Waals surface area (Å²) >= 11 is 6.94. The predicted molar refractivity (Wildman–Crippen MR) is 123 cm³/mol. The van der Waals surface area contributed by atoms with E-state index in [0.717, 1.165) is 17.3 Å². The number of carbonyl (C=O) groups is 4. The largest absolute Gasteiger partial charge is 0.370 e. The van der Waals surface area contributed by atoms with Crippen LogP contribution in [0.15, 0.2) is 65.6 Å². The molecule has 6 nitrogen and oxygen atoms in total. The number of nitrogens with two attached hydrogens (primary N) is 1. The van der Waals surface area contributed by atoms with Crippen LogP contribution in [0.2, 0.25) is 5.02 Å². The van der Waals surface area contributed by atoms with Gasteiger partial charge in [-0.2, -0.15) is 0 Å². The molecule has 3 aromatic carbocycles. The molecule has 3 N–H and O–H groups in total. The van der Waals surface area contributed by atoms with E-state index >= 15 is 0 Å². The number of hydrogen-bond acceptors (Lipinski definition) is 5. The lowest BCUT2D eigenvalue weighted by Gasteiger charge is -2.11. The molecule has 0 saturated carbocycles. The molecule has 0 saturated heterocycles. The van der Waals surface area contributed by atoms with Crippen molar-refractivity contribution < 1.29 is 19.2 Å². The Kier molecular flexibility index (Phi) is 6.12. The highest BCUT2D eigenvalue weighted by molar-refractivity contribution is 8.14. The van der Waals surface area contributed by atoms with Crippen LogP contribution in [0, 0.1) is 0 Å². The molecule has 8 heteroatoms. The molecule has 0 fully saturated rings. The van der Waals surface area contributed by atoms with Crippen molar-refractivity contribution in [2.24, 2.45) is 5.73 Å². The van der Waals surface area contributed by atoms with Crippen molar-refractivity contribution in [3.8, 4) is 11.1 Å². The van der Waals surface area contributed by atoms with Gasteiger partial charge in [-0.25, -0.2) is 0 Å². The molecule has 160 valence electrons. The van der Waals surface area contributed by atoms with Crippen LogP contribution in [0.25, 0.3) is 11.1 Å². The molecule has 0 atom stereocenters. The second kappa shape index (κ2) is 8.98. The maximum atomic E-state index is 13.3. The zero-order valence-corrected chi connectivity index (χ0v) is 18.3. The number of hydrogen-bond donors (Lipinski definition) is 2. The van der Waals surface area contributed by atoms with E-state index in [-0.39, 0.29) is 29.4 Å². The number of primary amides is 1. The molecule has 2 amide bonds. The molecule has 0 spiro atoms. The number of fused-ring (bicyclic) bond motifs is 3. The minimum Gasteiger partial charge on any atom is -0.370 e. The number of rotatable bonds is 6. The van der Waals surface area contributed by atoms with E-state index in [4.69, 9.17) is 17.3 Å². The van der Waals surface area contributed by atoms with Crippen LogP contribution in [0.3, 0.4) is 0 Å². The van der Waals surface area contributed by atoms with Gasteiger partial charge in [-0.1, -0.05) is 48.0 Å². The third-order valence-corrected chi connectivity index (χ3v) is 6.23. The summed E-state index contributed by atoms with van der Waals surface area (Å²) in [7, 11) is 0. The summed E-state index contributed by atoms with van der Waals surface area (Å²) in [6.07, 6.45) is -0.00268. The van der Waals surface area contributed by atoms with Crippen LogP contribution in [-0.4, -0.2) is 29.3 Å². The molecular formula is C24H17ClN2O4S. The lowest BCUT2D eigenvalue weighted by molar-refractivity contribution is -0.117. The predicted octanol–water partition coefficient (Wildman–Crippen LogP) is 4.09. The van der Waals surface area contributed by atoms with Crippen LogP contribution in [0.4, 0.5) is 0 Å². The van der Waals surface area contributed by atoms with Gasteiger partial charge in [0.1, 0.15) is 0 Å². The highest BCUT2D eigenvalue weighted by Gasteiger charge is 2.30. The van der Waals surface area contributed by atoms with Gasteiger partial charge < -0.3 is 11.1 Å². The maximum Gasteiger partial charge on any atom is 0.252 e. The number of halogens is 1. The van der Waals surface area contributed by atoms with Gasteiger partial charge >= 0.3 is 0 Å². The van der Waals surface area contributed by atoms with Crippen molar-refractivity contribution >= 4 is 46.1 Å². The fraction of sp³-hybridized carbons (Fsp3) is 0.0833. The second-order valence-corrected chi connectivity index (χ2v) is 8.56. The monoisotopic (exact) mass is 464 g/mol. The molecule has 0 bridgehead atoms. The number of ketones is 1. The van der Waals surface area contributed by atoms with Crippen LogP contribution < -0.4 is 11.1 Å². The summed E-state index contributed by atoms with van der Waals surface area (Å²) in [6, 6.07) is 16.9. The molecule has 0 radical (unpaired) electrons. The quantitative estimate of drug-likeness (QED) is 0.418. The average molecular weight is 465 g/mol. The standard InChI is InChI=1S/C24H17ClN2O4S/c25-13-8-9-19(18(12-13)23(30)27-11-10-20(26)28)32-24(31)17-7-3-6-16-21(17)14-4-1-2-5-15(14)22(16)29/h1-9,12H,10-11H2,(H2,26,28)(H,27,30). The minimum atomic E-state index is -0.533. The zero-order chi connectivity index (χ0) is 22.8. The normalized spacial score (nSPS) is 11.6. The van der Waals surface area contributed by atoms with Crippen LogP contribution in [0.1, 0.15) is 43.1 Å². The summed E-state index contributed by atoms with van der Waals surface area (Å²) in [4.78, 5) is 50.0. The Labute approximate surface area is 193 Å². The van der Waals surface area contributed by atoms with Gasteiger partial charge in [0, 0.05) is 45.1 Å². The summed E-state index contributed by atoms with van der Waals surface area (Å²) < 4.78 is 0. The van der Waals surface area contributed by atoms with E-state index < -0.39 is 11.8 Å². The summed E-state index contributed by atoms with van der Waals surface area (Å²) in [5, 5.41) is 2.63. The number of nitrogens with one attached hydrogen (secondary N) is 1. The summed E-state index contributed by atoms with van der Waals surface area (Å²) in [5.41, 5.74) is 8.08. The van der Waals surface area contributed by atoms with Gasteiger partial charge in [0.15, 0.2) is 5.78 Å². The maximum absolute atomic E-state index is 13.3. The number of carbonyl (C=O) groups excluding carboxylic acids is 4. The van der Waals surface area contributed by atoms with Gasteiger partial charge in [-0.05, 0) is 41.6 Å². The Bertz CT molecular complexity index is 1290. The number of thioether (sulfide) groups is 1. The molecule has 32 heavy (non-hydrogen) atoms. The first-order chi connectivity index (χ1) is 15.4. The smallest absolute Gasteiger partial charge is 0.252 e. The van der Waals surface area contributed by atoms with Crippen LogP contribution >= 0.6 is 23.4 Å². The number of amides is 2. The Morgan fingerprint density at radius 3 is 2.38 bits per heavy atom. The molecule has 0 heterocycles. The average Bonchev–Trinajstić information content (AvgIpc) is 3.07. The Balaban J connectivity index is 1.65. The highest BCUT2D eigenvalue weighted by Crippen LogP contribution is 2.41. The highest BCUT2D eigenvalue weighted by atomic mass is 35.5. The first-order valence-electron chi connectivity index (χ1n) is 9.72. The van der Waals surface area contributed by atoms with E-state index in [9.17, 15) is 19.2 Å². The number of benzene rings is 3. The zero-order valence-electron chi connectivity index (χ0n) is 16.7. The van der Waals surface area contributed by atoms with Crippen LogP contribution in [-0.2, 0) is 4.79 Å². The SMILES string of the molecule is NC(=O)CCNC(=O)c1cc(Cl)ccc1SC(=O)c1cccc2c1-c1ccccc1C2=O. The van der Waals surface area contributed by atoms with Crippen LogP contribution in [0.5, 0.6) is 0 Å². The first-order valence-corrected chi connectivity index (χ1v) is 10.9. The second-order valence-electron chi connectivity index (χ2n) is 7.11. The fourth-order valence-corrected chi connectivity index (χ4v) is 4.61. The molecular weight excluding hydrogens is 448 g/mol. The Hall–Kier alpha value is -3.42. The molecule has 0 aromatic heterocycles. The van der Waals surface area contributed by atoms with Gasteiger partial charge in [0.05, 0.1) is 5.56 Å². The summed E-state index contributed by atoms with van der Waals surface area (Å²) in [5.74, 6) is -1.12. The van der Waals surface area contributed by atoms with E-state index in [1.165, 1.54) is 6.07 Å². The molecule has 1 aliphatic rings. The van der Waals surface area contributed by atoms with Crippen molar-refractivity contribution in [1.29, 1.82) is 0 Å². The van der Waals surface area contributed by atoms with Crippen molar-refractivity contribution in [2.45, 2.75) is 11.3 Å². The Morgan fingerprint density at radius 2 is 1.62 bits per heavy atom. The molecule has 3 aromatic rings. The van der Waals surface area contributed by atoms with Crippen molar-refractivity contribution in [3.05, 3.63) is 87.9 Å². The third-order valence-electron chi connectivity index (χ3n) is 5.02. The lowest BCUT2D eigenvalue weighted by Crippen LogP contribution is -2.28. The van der Waals surface area contributed by atoms with Crippen molar-refractivity contribution in [2.75, 3.05) is 6.54 Å². The van der Waals surface area contributed by atoms with E-state index in [0.29, 0.717) is 32.2 Å². The van der Waals surface area contributed by atoms with E-state index in [1.807, 2.05) is 12.1 Å². The molecule has 0 aliphatic heterocycles. The molecule has 4 rings (SSSR count). The molecule has 0 unspecified atom stereocenters. The van der Waals surface area contributed by atoms with Gasteiger partial charge in [-0.15, -0.1) is 0 Å².